The summed E-state index contributed by atoms with van der Waals surface area (Å²) < 4.78 is 7.04. The van der Waals surface area contributed by atoms with Crippen molar-refractivity contribution >= 4 is 34.5 Å². The second-order valence-electron chi connectivity index (χ2n) is 11.4. The Bertz CT molecular complexity index is 1620. The molecule has 210 valence electrons. The molecule has 1 aliphatic heterocycles. The third kappa shape index (κ3) is 4.76. The Kier molecular flexibility index (Phi) is 6.85. The summed E-state index contributed by atoms with van der Waals surface area (Å²) >= 11 is 6.38. The summed E-state index contributed by atoms with van der Waals surface area (Å²) in [5, 5.41) is 4.35. The Balaban J connectivity index is 1.61. The highest BCUT2D eigenvalue weighted by molar-refractivity contribution is 6.30. The number of pyridine rings is 2. The molecule has 2 fully saturated rings. The zero-order valence-electron chi connectivity index (χ0n) is 23.1. The largest absolute Gasteiger partial charge is 0.439 e. The summed E-state index contributed by atoms with van der Waals surface area (Å²) in [6.45, 7) is 7.52. The summed E-state index contributed by atoms with van der Waals surface area (Å²) in [6, 6.07) is 3.78. The third-order valence-electron chi connectivity index (χ3n) is 8.52. The van der Waals surface area contributed by atoms with E-state index in [1.807, 2.05) is 19.2 Å². The highest BCUT2D eigenvalue weighted by Gasteiger charge is 2.35. The summed E-state index contributed by atoms with van der Waals surface area (Å²) in [5.41, 5.74) is 3.25. The van der Waals surface area contributed by atoms with Crippen molar-refractivity contribution in [2.45, 2.75) is 58.5 Å². The lowest BCUT2D eigenvalue weighted by atomic mass is 9.79. The zero-order valence-corrected chi connectivity index (χ0v) is 23.9. The first-order valence-electron chi connectivity index (χ1n) is 13.8. The van der Waals surface area contributed by atoms with Gasteiger partial charge in [-0.25, -0.2) is 14.8 Å². The van der Waals surface area contributed by atoms with Crippen molar-refractivity contribution in [1.82, 2.24) is 34.6 Å². The molecule has 4 aromatic heterocycles. The Labute approximate surface area is 236 Å². The van der Waals surface area contributed by atoms with Gasteiger partial charge in [-0.15, -0.1) is 0 Å². The first-order valence-corrected chi connectivity index (χ1v) is 14.2. The maximum Gasteiger partial charge on any atom is 0.439 e. The predicted octanol–water partition coefficient (Wildman–Crippen LogP) is 4.54. The number of imidazole rings is 1. The van der Waals surface area contributed by atoms with E-state index in [4.69, 9.17) is 26.1 Å². The fourth-order valence-corrected chi connectivity index (χ4v) is 6.34. The molecule has 0 radical (unpaired) electrons. The van der Waals surface area contributed by atoms with Crippen LogP contribution in [0.25, 0.3) is 33.8 Å². The molecule has 6 rings (SSSR count). The van der Waals surface area contributed by atoms with E-state index in [1.165, 1.54) is 12.8 Å². The van der Waals surface area contributed by atoms with Crippen LogP contribution in [0.5, 0.6) is 0 Å². The molecule has 11 nitrogen and oxygen atoms in total. The van der Waals surface area contributed by atoms with Crippen molar-refractivity contribution in [3.05, 3.63) is 40.1 Å². The highest BCUT2D eigenvalue weighted by atomic mass is 35.5. The fourth-order valence-electron chi connectivity index (χ4n) is 6.17. The SMILES string of the molecule is CC1CCC(C(C)n2c(N3CC(=O)N(C)C[C@H]3C)nc3cc(-c4noc(=O)[nH]4)nc(-c4cncc(Cl)c4)c32)CC1. The zero-order chi connectivity index (χ0) is 28.1. The van der Waals surface area contributed by atoms with E-state index in [0.717, 1.165) is 30.2 Å². The predicted molar refractivity (Wildman–Crippen MR) is 152 cm³/mol. The van der Waals surface area contributed by atoms with Crippen LogP contribution in [0, 0.1) is 11.8 Å². The minimum Gasteiger partial charge on any atom is -0.342 e. The molecule has 2 atom stereocenters. The number of hydrogen-bond donors (Lipinski definition) is 1. The van der Waals surface area contributed by atoms with Gasteiger partial charge in [-0.1, -0.05) is 36.5 Å². The molecule has 12 heteroatoms. The van der Waals surface area contributed by atoms with Gasteiger partial charge in [0.1, 0.15) is 12.2 Å². The Morgan fingerprint density at radius 2 is 1.88 bits per heavy atom. The van der Waals surface area contributed by atoms with E-state index < -0.39 is 5.76 Å². The first kappa shape index (κ1) is 26.5. The van der Waals surface area contributed by atoms with Gasteiger partial charge >= 0.3 is 5.76 Å². The Morgan fingerprint density at radius 3 is 2.58 bits per heavy atom. The number of carbonyl (C=O) groups is 1. The molecule has 40 heavy (non-hydrogen) atoms. The molecule has 1 N–H and O–H groups in total. The number of fused-ring (bicyclic) bond motifs is 1. The van der Waals surface area contributed by atoms with Crippen molar-refractivity contribution in [1.29, 1.82) is 0 Å². The van der Waals surface area contributed by atoms with Gasteiger partial charge in [0.2, 0.25) is 17.7 Å². The number of amides is 1. The van der Waals surface area contributed by atoms with Gasteiger partial charge in [0.15, 0.2) is 0 Å². The van der Waals surface area contributed by atoms with Crippen molar-refractivity contribution in [3.8, 4) is 22.8 Å². The summed E-state index contributed by atoms with van der Waals surface area (Å²) in [5.74, 6) is 1.49. The van der Waals surface area contributed by atoms with Gasteiger partial charge in [-0.2, -0.15) is 0 Å². The smallest absolute Gasteiger partial charge is 0.342 e. The number of H-pyrrole nitrogens is 1. The molecule has 1 amide bonds. The lowest BCUT2D eigenvalue weighted by Gasteiger charge is -2.40. The number of likely N-dealkylation sites (N-methyl/N-ethyl adjacent to an activating group) is 1. The lowest BCUT2D eigenvalue weighted by molar-refractivity contribution is -0.130. The molecule has 0 aromatic carbocycles. The number of piperazine rings is 1. The van der Waals surface area contributed by atoms with Crippen molar-refractivity contribution in [2.75, 3.05) is 25.0 Å². The second kappa shape index (κ2) is 10.3. The van der Waals surface area contributed by atoms with Crippen LogP contribution < -0.4 is 10.7 Å². The van der Waals surface area contributed by atoms with Crippen LogP contribution >= 0.6 is 11.6 Å². The molecule has 2 aliphatic rings. The van der Waals surface area contributed by atoms with Crippen LogP contribution in [0.3, 0.4) is 0 Å². The van der Waals surface area contributed by atoms with Crippen LogP contribution in [0.4, 0.5) is 5.95 Å². The minimum absolute atomic E-state index is 0.0501. The van der Waals surface area contributed by atoms with E-state index in [1.54, 1.807) is 17.3 Å². The molecule has 1 saturated heterocycles. The molecular weight excluding hydrogens is 532 g/mol. The topological polar surface area (TPSA) is 126 Å². The third-order valence-corrected chi connectivity index (χ3v) is 8.73. The Morgan fingerprint density at radius 1 is 1.10 bits per heavy atom. The molecule has 1 aliphatic carbocycles. The maximum atomic E-state index is 12.9. The fraction of sp³-hybridized carbons (Fsp3) is 0.500. The van der Waals surface area contributed by atoms with Crippen molar-refractivity contribution in [3.63, 3.8) is 0 Å². The van der Waals surface area contributed by atoms with Gasteiger partial charge in [0, 0.05) is 43.6 Å². The molecule has 4 aromatic rings. The number of rotatable bonds is 5. The van der Waals surface area contributed by atoms with Crippen LogP contribution in [0.1, 0.15) is 52.5 Å². The van der Waals surface area contributed by atoms with E-state index in [-0.39, 0.29) is 30.4 Å². The van der Waals surface area contributed by atoms with Crippen LogP contribution in [0.2, 0.25) is 5.02 Å². The molecule has 0 spiro atoms. The molecule has 1 unspecified atom stereocenters. The number of aromatic nitrogens is 6. The molecule has 0 bridgehead atoms. The normalized spacial score (nSPS) is 22.7. The average Bonchev–Trinajstić information content (AvgIpc) is 3.54. The average molecular weight is 565 g/mol. The van der Waals surface area contributed by atoms with Crippen molar-refractivity contribution < 1.29 is 9.32 Å². The monoisotopic (exact) mass is 564 g/mol. The standard InChI is InChI=1S/C28H33ClN8O3/c1-15-5-7-18(8-6-15)17(3)37-25-21(32-27(37)36-14-23(38)35(4)13-16(36)2)10-22(26-33-28(39)40-34-26)31-24(25)19-9-20(29)12-30-11-19/h9-12,15-18H,5-8,13-14H2,1-4H3,(H,33,34,39)/t15?,16-,17?,18?/m1/s1. The molecule has 5 heterocycles. The molecule has 1 saturated carbocycles. The number of hydrogen-bond acceptors (Lipinski definition) is 8. The lowest BCUT2D eigenvalue weighted by Crippen LogP contribution is -2.54. The van der Waals surface area contributed by atoms with E-state index >= 15 is 0 Å². The summed E-state index contributed by atoms with van der Waals surface area (Å²) in [7, 11) is 1.84. The van der Waals surface area contributed by atoms with E-state index in [2.05, 4.69) is 45.4 Å². The first-order chi connectivity index (χ1) is 19.2. The number of halogens is 1. The van der Waals surface area contributed by atoms with Gasteiger partial charge in [0.05, 0.1) is 21.7 Å². The quantitative estimate of drug-likeness (QED) is 0.374. The van der Waals surface area contributed by atoms with Crippen molar-refractivity contribution in [2.24, 2.45) is 11.8 Å². The van der Waals surface area contributed by atoms with Gasteiger partial charge in [0.25, 0.3) is 0 Å². The maximum absolute atomic E-state index is 12.9. The Hall–Kier alpha value is -3.73. The molecular formula is C28H33ClN8O3. The van der Waals surface area contributed by atoms with E-state index in [9.17, 15) is 9.59 Å². The summed E-state index contributed by atoms with van der Waals surface area (Å²) in [4.78, 5) is 45.5. The van der Waals surface area contributed by atoms with Crippen LogP contribution in [-0.2, 0) is 4.79 Å². The minimum atomic E-state index is -0.668. The number of nitrogens with one attached hydrogen (secondary N) is 1. The van der Waals surface area contributed by atoms with Crippen LogP contribution in [-0.4, -0.2) is 66.6 Å². The summed E-state index contributed by atoms with van der Waals surface area (Å²) in [6.07, 6.45) is 7.92. The van der Waals surface area contributed by atoms with Crippen LogP contribution in [0.15, 0.2) is 33.8 Å². The van der Waals surface area contributed by atoms with Gasteiger partial charge in [-0.05, 0) is 50.7 Å². The number of anilines is 1. The van der Waals surface area contributed by atoms with Gasteiger partial charge in [-0.3, -0.25) is 19.3 Å². The highest BCUT2D eigenvalue weighted by Crippen LogP contribution is 2.42. The number of nitrogens with zero attached hydrogens (tertiary/aromatic N) is 7. The van der Waals surface area contributed by atoms with E-state index in [0.29, 0.717) is 40.0 Å². The van der Waals surface area contributed by atoms with Gasteiger partial charge < -0.3 is 14.4 Å². The second-order valence-corrected chi connectivity index (χ2v) is 11.8. The number of carbonyl (C=O) groups excluding carboxylic acids is 1. The number of aromatic amines is 1.